The number of nitrogens with zero attached hydrogens (tertiary/aromatic N) is 2. The summed E-state index contributed by atoms with van der Waals surface area (Å²) in [5, 5.41) is 4.04. The molecule has 1 aromatic carbocycles. The van der Waals surface area contributed by atoms with Crippen molar-refractivity contribution in [1.82, 2.24) is 10.1 Å². The monoisotopic (exact) mass is 275 g/mol. The summed E-state index contributed by atoms with van der Waals surface area (Å²) >= 11 is 0. The van der Waals surface area contributed by atoms with Gasteiger partial charge in [0, 0.05) is 12.3 Å². The van der Waals surface area contributed by atoms with E-state index in [1.165, 1.54) is 0 Å². The number of hydrogen-bond acceptors (Lipinski definition) is 6. The van der Waals surface area contributed by atoms with Gasteiger partial charge in [0.05, 0.1) is 12.7 Å². The summed E-state index contributed by atoms with van der Waals surface area (Å²) < 4.78 is 16.2. The minimum atomic E-state index is -0.463. The molecule has 0 radical (unpaired) electrons. The Balaban J connectivity index is 1.98. The Morgan fingerprint density at radius 2 is 2.25 bits per heavy atom. The van der Waals surface area contributed by atoms with E-state index in [0.29, 0.717) is 28.7 Å². The molecule has 1 atom stereocenters. The topological polar surface area (TPSA) is 83.4 Å². The SMILES string of the molecule is COc1ccc(N)c(-c2nc(C3(C)CCCO3)no2)c1. The second kappa shape index (κ2) is 4.79. The zero-order chi connectivity index (χ0) is 14.2. The lowest BCUT2D eigenvalue weighted by Gasteiger charge is -2.17. The van der Waals surface area contributed by atoms with E-state index in [0.717, 1.165) is 19.4 Å². The maximum Gasteiger partial charge on any atom is 0.260 e. The van der Waals surface area contributed by atoms with Crippen molar-refractivity contribution >= 4 is 5.69 Å². The van der Waals surface area contributed by atoms with E-state index >= 15 is 0 Å². The van der Waals surface area contributed by atoms with Crippen LogP contribution < -0.4 is 10.5 Å². The maximum atomic E-state index is 5.96. The Bertz CT molecular complexity index is 618. The third-order valence-electron chi connectivity index (χ3n) is 3.61. The molecule has 1 unspecified atom stereocenters. The lowest BCUT2D eigenvalue weighted by Crippen LogP contribution is -2.21. The number of hydrogen-bond donors (Lipinski definition) is 1. The van der Waals surface area contributed by atoms with Crippen LogP contribution in [0.15, 0.2) is 22.7 Å². The standard InChI is InChI=1S/C14H17N3O3/c1-14(6-3-7-19-14)13-16-12(20-17-13)10-8-9(18-2)4-5-11(10)15/h4-5,8H,3,6-7,15H2,1-2H3. The van der Waals surface area contributed by atoms with Crippen molar-refractivity contribution < 1.29 is 14.0 Å². The van der Waals surface area contributed by atoms with Crippen LogP contribution in [0, 0.1) is 0 Å². The Hall–Kier alpha value is -2.08. The van der Waals surface area contributed by atoms with Gasteiger partial charge in [-0.2, -0.15) is 4.98 Å². The van der Waals surface area contributed by atoms with Crippen molar-refractivity contribution in [1.29, 1.82) is 0 Å². The fourth-order valence-corrected chi connectivity index (χ4v) is 2.35. The van der Waals surface area contributed by atoms with Gasteiger partial charge in [-0.05, 0) is 38.0 Å². The molecule has 20 heavy (non-hydrogen) atoms. The van der Waals surface area contributed by atoms with E-state index in [9.17, 15) is 0 Å². The third kappa shape index (κ3) is 2.12. The minimum absolute atomic E-state index is 0.383. The Labute approximate surface area is 116 Å². The van der Waals surface area contributed by atoms with Crippen LogP contribution in [0.4, 0.5) is 5.69 Å². The van der Waals surface area contributed by atoms with Crippen molar-refractivity contribution in [2.75, 3.05) is 19.5 Å². The van der Waals surface area contributed by atoms with Gasteiger partial charge in [-0.1, -0.05) is 5.16 Å². The first-order valence-corrected chi connectivity index (χ1v) is 6.54. The highest BCUT2D eigenvalue weighted by Crippen LogP contribution is 2.36. The van der Waals surface area contributed by atoms with Crippen LogP contribution in [-0.4, -0.2) is 23.9 Å². The highest BCUT2D eigenvalue weighted by molar-refractivity contribution is 5.72. The highest BCUT2D eigenvalue weighted by atomic mass is 16.5. The average molecular weight is 275 g/mol. The van der Waals surface area contributed by atoms with Crippen LogP contribution >= 0.6 is 0 Å². The van der Waals surface area contributed by atoms with Gasteiger partial charge >= 0.3 is 0 Å². The van der Waals surface area contributed by atoms with Gasteiger partial charge < -0.3 is 19.7 Å². The largest absolute Gasteiger partial charge is 0.497 e. The van der Waals surface area contributed by atoms with Crippen molar-refractivity contribution in [3.63, 3.8) is 0 Å². The van der Waals surface area contributed by atoms with Crippen LogP contribution in [0.3, 0.4) is 0 Å². The van der Waals surface area contributed by atoms with Gasteiger partial charge in [0.2, 0.25) is 5.82 Å². The van der Waals surface area contributed by atoms with Crippen LogP contribution in [0.2, 0.25) is 0 Å². The molecule has 2 aromatic rings. The molecule has 6 heteroatoms. The number of anilines is 1. The van der Waals surface area contributed by atoms with Crippen molar-refractivity contribution in [3.05, 3.63) is 24.0 Å². The Morgan fingerprint density at radius 3 is 2.95 bits per heavy atom. The lowest BCUT2D eigenvalue weighted by molar-refractivity contribution is 0.00768. The van der Waals surface area contributed by atoms with Crippen LogP contribution in [0.1, 0.15) is 25.6 Å². The number of nitrogen functional groups attached to an aromatic ring is 1. The van der Waals surface area contributed by atoms with Gasteiger partial charge in [0.1, 0.15) is 11.4 Å². The number of methoxy groups -OCH3 is 1. The molecule has 1 fully saturated rings. The molecule has 1 aromatic heterocycles. The fraction of sp³-hybridized carbons (Fsp3) is 0.429. The van der Waals surface area contributed by atoms with Gasteiger partial charge in [0.15, 0.2) is 0 Å². The molecule has 0 bridgehead atoms. The van der Waals surface area contributed by atoms with E-state index in [2.05, 4.69) is 10.1 Å². The van der Waals surface area contributed by atoms with E-state index in [1.54, 1.807) is 25.3 Å². The Kier molecular flexibility index (Phi) is 3.10. The number of ether oxygens (including phenoxy) is 2. The first kappa shape index (κ1) is 12.9. The summed E-state index contributed by atoms with van der Waals surface area (Å²) in [4.78, 5) is 4.43. The average Bonchev–Trinajstić information content (AvgIpc) is 3.09. The van der Waals surface area contributed by atoms with Gasteiger partial charge in [0.25, 0.3) is 5.89 Å². The molecule has 0 spiro atoms. The maximum absolute atomic E-state index is 5.96. The van der Waals surface area contributed by atoms with Crippen molar-refractivity contribution in [3.8, 4) is 17.2 Å². The first-order valence-electron chi connectivity index (χ1n) is 6.54. The molecular formula is C14H17N3O3. The van der Waals surface area contributed by atoms with E-state index in [1.807, 2.05) is 6.92 Å². The lowest BCUT2D eigenvalue weighted by atomic mass is 10.0. The van der Waals surface area contributed by atoms with Gasteiger partial charge in [-0.25, -0.2) is 0 Å². The predicted octanol–water partition coefficient (Wildman–Crippen LogP) is 2.35. The van der Waals surface area contributed by atoms with Crippen molar-refractivity contribution in [2.24, 2.45) is 0 Å². The molecule has 1 aliphatic rings. The predicted molar refractivity (Wildman–Crippen MR) is 73.2 cm³/mol. The first-order chi connectivity index (χ1) is 9.62. The zero-order valence-corrected chi connectivity index (χ0v) is 11.5. The van der Waals surface area contributed by atoms with Gasteiger partial charge in [-0.3, -0.25) is 0 Å². The number of nitrogens with two attached hydrogens (primary N) is 1. The molecule has 2 heterocycles. The fourth-order valence-electron chi connectivity index (χ4n) is 2.35. The molecule has 0 amide bonds. The molecular weight excluding hydrogens is 258 g/mol. The second-order valence-corrected chi connectivity index (χ2v) is 5.06. The molecule has 1 saturated heterocycles. The minimum Gasteiger partial charge on any atom is -0.497 e. The summed E-state index contributed by atoms with van der Waals surface area (Å²) in [7, 11) is 1.60. The molecule has 0 saturated carbocycles. The molecule has 2 N–H and O–H groups in total. The number of rotatable bonds is 3. The van der Waals surface area contributed by atoms with E-state index < -0.39 is 5.60 Å². The molecule has 0 aliphatic carbocycles. The summed E-state index contributed by atoms with van der Waals surface area (Å²) in [6, 6.07) is 5.33. The van der Waals surface area contributed by atoms with E-state index in [4.69, 9.17) is 19.7 Å². The van der Waals surface area contributed by atoms with E-state index in [-0.39, 0.29) is 0 Å². The number of benzene rings is 1. The van der Waals surface area contributed by atoms with Crippen molar-refractivity contribution in [2.45, 2.75) is 25.4 Å². The summed E-state index contributed by atoms with van der Waals surface area (Å²) in [6.07, 6.45) is 1.89. The number of aromatic nitrogens is 2. The third-order valence-corrected chi connectivity index (χ3v) is 3.61. The summed E-state index contributed by atoms with van der Waals surface area (Å²) in [6.45, 7) is 2.70. The summed E-state index contributed by atoms with van der Waals surface area (Å²) in [5.41, 5.74) is 6.73. The highest BCUT2D eigenvalue weighted by Gasteiger charge is 2.36. The van der Waals surface area contributed by atoms with Crippen LogP contribution in [-0.2, 0) is 10.3 Å². The summed E-state index contributed by atoms with van der Waals surface area (Å²) in [5.74, 6) is 1.64. The molecule has 6 nitrogen and oxygen atoms in total. The second-order valence-electron chi connectivity index (χ2n) is 5.06. The molecule has 106 valence electrons. The van der Waals surface area contributed by atoms with Crippen LogP contribution in [0.25, 0.3) is 11.5 Å². The molecule has 3 rings (SSSR count). The normalized spacial score (nSPS) is 22.1. The molecule has 1 aliphatic heterocycles. The Morgan fingerprint density at radius 1 is 1.40 bits per heavy atom. The van der Waals surface area contributed by atoms with Gasteiger partial charge in [-0.15, -0.1) is 0 Å². The quantitative estimate of drug-likeness (QED) is 0.866. The zero-order valence-electron chi connectivity index (χ0n) is 11.5. The van der Waals surface area contributed by atoms with Crippen LogP contribution in [0.5, 0.6) is 5.75 Å². The smallest absolute Gasteiger partial charge is 0.260 e.